The van der Waals surface area contributed by atoms with E-state index in [2.05, 4.69) is 10.3 Å². The van der Waals surface area contributed by atoms with Crippen molar-refractivity contribution in [3.63, 3.8) is 0 Å². The number of rotatable bonds is 3. The minimum atomic E-state index is -0.0812. The minimum absolute atomic E-state index is 0.0812. The number of benzene rings is 1. The van der Waals surface area contributed by atoms with Crippen molar-refractivity contribution in [1.82, 2.24) is 4.98 Å². The number of aromatic nitrogens is 1. The zero-order valence-corrected chi connectivity index (χ0v) is 10.0. The Hall–Kier alpha value is -1.90. The van der Waals surface area contributed by atoms with E-state index < -0.39 is 0 Å². The quantitative estimate of drug-likeness (QED) is 0.889. The first-order chi connectivity index (χ1) is 8.83. The topological polar surface area (TPSA) is 24.9 Å². The van der Waals surface area contributed by atoms with E-state index in [9.17, 15) is 4.39 Å². The van der Waals surface area contributed by atoms with Gasteiger partial charge in [0.1, 0.15) is 5.82 Å². The first-order valence-electron chi connectivity index (χ1n) is 6.24. The van der Waals surface area contributed by atoms with Gasteiger partial charge in [0.2, 0.25) is 0 Å². The summed E-state index contributed by atoms with van der Waals surface area (Å²) in [5.41, 5.74) is 1.89. The van der Waals surface area contributed by atoms with Gasteiger partial charge in [-0.2, -0.15) is 0 Å². The maximum absolute atomic E-state index is 13.6. The van der Waals surface area contributed by atoms with E-state index in [1.807, 2.05) is 30.5 Å². The number of hydrogen-bond acceptors (Lipinski definition) is 2. The highest BCUT2D eigenvalue weighted by molar-refractivity contribution is 5.42. The lowest BCUT2D eigenvalue weighted by Gasteiger charge is -2.36. The Balaban J connectivity index is 1.59. The van der Waals surface area contributed by atoms with Crippen LogP contribution in [-0.2, 0) is 0 Å². The van der Waals surface area contributed by atoms with Crippen LogP contribution in [0.25, 0.3) is 0 Å². The molecular weight excluding hydrogens is 227 g/mol. The number of nitrogens with zero attached hydrogens (tertiary/aromatic N) is 1. The Kier molecular flexibility index (Phi) is 2.97. The molecule has 0 radical (unpaired) electrons. The zero-order valence-electron chi connectivity index (χ0n) is 10.0. The molecule has 0 bridgehead atoms. The molecule has 2 aromatic rings. The third-order valence-corrected chi connectivity index (χ3v) is 3.52. The maximum atomic E-state index is 13.6. The van der Waals surface area contributed by atoms with Crippen LogP contribution in [0, 0.1) is 5.82 Å². The Bertz CT molecular complexity index is 521. The van der Waals surface area contributed by atoms with Gasteiger partial charge in [0, 0.05) is 18.4 Å². The summed E-state index contributed by atoms with van der Waals surface area (Å²) in [4.78, 5) is 4.06. The van der Waals surface area contributed by atoms with Crippen LogP contribution in [-0.4, -0.2) is 11.0 Å². The average molecular weight is 242 g/mol. The zero-order chi connectivity index (χ0) is 12.4. The first-order valence-corrected chi connectivity index (χ1v) is 6.24. The molecule has 1 heterocycles. The normalized spacial score (nSPS) is 22.3. The summed E-state index contributed by atoms with van der Waals surface area (Å²) in [6.45, 7) is 0. The molecule has 1 fully saturated rings. The molecular formula is C15H15FN2. The molecule has 92 valence electrons. The summed E-state index contributed by atoms with van der Waals surface area (Å²) in [6.07, 6.45) is 5.54. The number of halogens is 1. The van der Waals surface area contributed by atoms with Gasteiger partial charge in [-0.1, -0.05) is 18.2 Å². The van der Waals surface area contributed by atoms with Crippen LogP contribution in [0.4, 0.5) is 10.1 Å². The number of pyridine rings is 1. The Morgan fingerprint density at radius 1 is 1.11 bits per heavy atom. The molecule has 2 nitrogen and oxygen atoms in total. The van der Waals surface area contributed by atoms with E-state index >= 15 is 0 Å². The van der Waals surface area contributed by atoms with Crippen LogP contribution < -0.4 is 5.32 Å². The minimum Gasteiger partial charge on any atom is -0.381 e. The van der Waals surface area contributed by atoms with Crippen LogP contribution in [0.15, 0.2) is 48.8 Å². The molecule has 0 amide bonds. The van der Waals surface area contributed by atoms with Gasteiger partial charge in [0.15, 0.2) is 0 Å². The van der Waals surface area contributed by atoms with Crippen molar-refractivity contribution >= 4 is 5.69 Å². The Morgan fingerprint density at radius 3 is 2.67 bits per heavy atom. The lowest BCUT2D eigenvalue weighted by atomic mass is 9.75. The van der Waals surface area contributed by atoms with E-state index in [-0.39, 0.29) is 5.82 Å². The predicted molar refractivity (Wildman–Crippen MR) is 70.0 cm³/mol. The van der Waals surface area contributed by atoms with E-state index in [0.717, 1.165) is 24.1 Å². The molecule has 1 aliphatic carbocycles. The van der Waals surface area contributed by atoms with Crippen molar-refractivity contribution in [3.05, 3.63) is 60.2 Å². The van der Waals surface area contributed by atoms with Gasteiger partial charge in [0.05, 0.1) is 5.69 Å². The molecule has 18 heavy (non-hydrogen) atoms. The van der Waals surface area contributed by atoms with Gasteiger partial charge in [-0.05, 0) is 42.5 Å². The van der Waals surface area contributed by atoms with Crippen molar-refractivity contribution in [2.45, 2.75) is 24.8 Å². The lowest BCUT2D eigenvalue weighted by molar-refractivity contribution is 0.363. The second kappa shape index (κ2) is 4.77. The molecule has 1 aromatic heterocycles. The second-order valence-corrected chi connectivity index (χ2v) is 4.77. The molecule has 1 saturated carbocycles. The van der Waals surface area contributed by atoms with Crippen molar-refractivity contribution < 1.29 is 4.39 Å². The summed E-state index contributed by atoms with van der Waals surface area (Å²) in [7, 11) is 0. The highest BCUT2D eigenvalue weighted by atomic mass is 19.1. The van der Waals surface area contributed by atoms with Crippen molar-refractivity contribution in [3.8, 4) is 0 Å². The molecule has 1 aliphatic rings. The predicted octanol–water partition coefficient (Wildman–Crippen LogP) is 3.58. The van der Waals surface area contributed by atoms with E-state index in [1.165, 1.54) is 6.07 Å². The summed E-state index contributed by atoms with van der Waals surface area (Å²) in [5.74, 6) is 0.266. The molecule has 0 atom stereocenters. The summed E-state index contributed by atoms with van der Waals surface area (Å²) in [5, 5.41) is 3.41. The summed E-state index contributed by atoms with van der Waals surface area (Å²) >= 11 is 0. The number of anilines is 1. The van der Waals surface area contributed by atoms with E-state index in [4.69, 9.17) is 0 Å². The number of nitrogens with one attached hydrogen (secondary N) is 1. The van der Waals surface area contributed by atoms with Crippen molar-refractivity contribution in [2.24, 2.45) is 0 Å². The molecule has 3 rings (SSSR count). The smallest absolute Gasteiger partial charge is 0.126 e. The van der Waals surface area contributed by atoms with Gasteiger partial charge in [0.25, 0.3) is 0 Å². The lowest BCUT2D eigenvalue weighted by Crippen LogP contribution is -2.34. The van der Waals surface area contributed by atoms with Crippen LogP contribution in [0.3, 0.4) is 0 Å². The largest absolute Gasteiger partial charge is 0.381 e. The van der Waals surface area contributed by atoms with Gasteiger partial charge in [-0.3, -0.25) is 4.98 Å². The van der Waals surface area contributed by atoms with Crippen molar-refractivity contribution in [1.29, 1.82) is 0 Å². The van der Waals surface area contributed by atoms with Gasteiger partial charge in [-0.15, -0.1) is 0 Å². The van der Waals surface area contributed by atoms with Crippen molar-refractivity contribution in [2.75, 3.05) is 5.32 Å². The molecule has 1 aromatic carbocycles. The fourth-order valence-corrected chi connectivity index (χ4v) is 2.48. The number of hydrogen-bond donors (Lipinski definition) is 1. The first kappa shape index (κ1) is 11.2. The van der Waals surface area contributed by atoms with E-state index in [0.29, 0.717) is 12.0 Å². The highest BCUT2D eigenvalue weighted by Gasteiger charge is 2.31. The molecule has 1 N–H and O–H groups in total. The second-order valence-electron chi connectivity index (χ2n) is 4.77. The summed E-state index contributed by atoms with van der Waals surface area (Å²) in [6, 6.07) is 11.4. The Morgan fingerprint density at radius 2 is 1.94 bits per heavy atom. The standard InChI is InChI=1S/C15H15FN2/c16-15-6-2-1-5-14(15)11-8-13(9-11)18-12-4-3-7-17-10-12/h1-7,10-11,13,18H,8-9H2. The Labute approximate surface area is 106 Å². The molecule has 0 spiro atoms. The highest BCUT2D eigenvalue weighted by Crippen LogP contribution is 2.39. The molecule has 0 saturated heterocycles. The van der Waals surface area contributed by atoms with Crippen LogP contribution in [0.5, 0.6) is 0 Å². The SMILES string of the molecule is Fc1ccccc1C1CC(Nc2cccnc2)C1. The van der Waals surface area contributed by atoms with E-state index in [1.54, 1.807) is 12.3 Å². The fourth-order valence-electron chi connectivity index (χ4n) is 2.48. The monoisotopic (exact) mass is 242 g/mol. The maximum Gasteiger partial charge on any atom is 0.126 e. The van der Waals surface area contributed by atoms with Gasteiger partial charge in [-0.25, -0.2) is 4.39 Å². The summed E-state index contributed by atoms with van der Waals surface area (Å²) < 4.78 is 13.6. The molecule has 0 unspecified atom stereocenters. The van der Waals surface area contributed by atoms with Gasteiger partial charge < -0.3 is 5.32 Å². The molecule has 0 aliphatic heterocycles. The third-order valence-electron chi connectivity index (χ3n) is 3.52. The van der Waals surface area contributed by atoms with Crippen LogP contribution in [0.2, 0.25) is 0 Å². The van der Waals surface area contributed by atoms with Gasteiger partial charge >= 0.3 is 0 Å². The molecule has 3 heteroatoms. The third kappa shape index (κ3) is 2.21. The average Bonchev–Trinajstić information content (AvgIpc) is 2.36. The van der Waals surface area contributed by atoms with Crippen LogP contribution >= 0.6 is 0 Å². The van der Waals surface area contributed by atoms with Crippen LogP contribution in [0.1, 0.15) is 24.3 Å². The fraction of sp³-hybridized carbons (Fsp3) is 0.267.